The van der Waals surface area contributed by atoms with Crippen molar-refractivity contribution >= 4 is 22.5 Å². The third kappa shape index (κ3) is 3.88. The number of hydrogen-bond acceptors (Lipinski definition) is 4. The second-order valence-corrected chi connectivity index (χ2v) is 7.30. The van der Waals surface area contributed by atoms with Gasteiger partial charge in [-0.15, -0.1) is 0 Å². The summed E-state index contributed by atoms with van der Waals surface area (Å²) in [6.45, 7) is 6.25. The van der Waals surface area contributed by atoms with E-state index < -0.39 is 0 Å². The summed E-state index contributed by atoms with van der Waals surface area (Å²) in [6, 6.07) is 7.92. The number of nitrogens with one attached hydrogen (secondary N) is 2. The number of aromatic nitrogens is 1. The molecule has 0 aliphatic carbocycles. The van der Waals surface area contributed by atoms with Crippen LogP contribution in [0.4, 0.5) is 5.69 Å². The van der Waals surface area contributed by atoms with E-state index in [0.29, 0.717) is 23.2 Å². The maximum Gasteiger partial charge on any atom is 0.228 e. The van der Waals surface area contributed by atoms with Gasteiger partial charge in [0.2, 0.25) is 11.7 Å². The molecule has 0 saturated carbocycles. The van der Waals surface area contributed by atoms with Crippen molar-refractivity contribution < 1.29 is 19.0 Å². The van der Waals surface area contributed by atoms with Gasteiger partial charge in [-0.25, -0.2) is 0 Å². The van der Waals surface area contributed by atoms with E-state index in [-0.39, 0.29) is 12.3 Å². The third-order valence-electron chi connectivity index (χ3n) is 5.10. The van der Waals surface area contributed by atoms with E-state index in [1.54, 1.807) is 21.3 Å². The fourth-order valence-corrected chi connectivity index (χ4v) is 3.66. The molecule has 1 heterocycles. The molecule has 0 spiro atoms. The largest absolute Gasteiger partial charge is 0.493 e. The van der Waals surface area contributed by atoms with E-state index in [2.05, 4.69) is 30.2 Å². The molecule has 29 heavy (non-hydrogen) atoms. The SMILES string of the molecule is COc1cc2[nH]cc(CC(=O)Nc3c(C)cccc3C(C)C)c2c(OC)c1OC. The standard InChI is InChI=1S/C23H28N2O4/c1-13(2)16-9-7-8-14(3)21(16)25-19(26)10-15-12-24-17-11-18(27-4)22(28-5)23(29-6)20(15)17/h7-9,11-13,24H,10H2,1-6H3,(H,25,26). The number of para-hydroxylation sites is 1. The van der Waals surface area contributed by atoms with Crippen LogP contribution in [-0.4, -0.2) is 32.2 Å². The summed E-state index contributed by atoms with van der Waals surface area (Å²) in [5.41, 5.74) is 4.71. The number of amides is 1. The van der Waals surface area contributed by atoms with E-state index in [9.17, 15) is 4.79 Å². The van der Waals surface area contributed by atoms with Crippen LogP contribution in [0.2, 0.25) is 0 Å². The van der Waals surface area contributed by atoms with Crippen LogP contribution in [-0.2, 0) is 11.2 Å². The molecule has 0 aliphatic heterocycles. The fraction of sp³-hybridized carbons (Fsp3) is 0.348. The monoisotopic (exact) mass is 396 g/mol. The Labute approximate surface area is 171 Å². The second kappa shape index (κ2) is 8.47. The van der Waals surface area contributed by atoms with E-state index in [1.165, 1.54) is 0 Å². The molecule has 154 valence electrons. The molecule has 2 aromatic carbocycles. The Morgan fingerprint density at radius 1 is 1.10 bits per heavy atom. The average Bonchev–Trinajstić information content (AvgIpc) is 3.09. The van der Waals surface area contributed by atoms with Crippen LogP contribution in [0.1, 0.15) is 36.5 Å². The molecule has 3 rings (SSSR count). The zero-order valence-corrected chi connectivity index (χ0v) is 17.8. The number of anilines is 1. The van der Waals surface area contributed by atoms with E-state index in [1.807, 2.05) is 31.3 Å². The predicted molar refractivity (Wildman–Crippen MR) is 116 cm³/mol. The van der Waals surface area contributed by atoms with Crippen molar-refractivity contribution in [3.8, 4) is 17.2 Å². The molecule has 1 aromatic heterocycles. The van der Waals surface area contributed by atoms with Gasteiger partial charge in [0.25, 0.3) is 0 Å². The highest BCUT2D eigenvalue weighted by Gasteiger charge is 2.21. The lowest BCUT2D eigenvalue weighted by Crippen LogP contribution is -2.16. The molecule has 6 nitrogen and oxygen atoms in total. The Morgan fingerprint density at radius 2 is 1.83 bits per heavy atom. The van der Waals surface area contributed by atoms with Gasteiger partial charge in [-0.05, 0) is 29.5 Å². The Hall–Kier alpha value is -3.15. The van der Waals surface area contributed by atoms with Crippen LogP contribution < -0.4 is 19.5 Å². The van der Waals surface area contributed by atoms with Crippen LogP contribution in [0.3, 0.4) is 0 Å². The first kappa shape index (κ1) is 20.6. The maximum atomic E-state index is 12.9. The minimum absolute atomic E-state index is 0.0843. The summed E-state index contributed by atoms with van der Waals surface area (Å²) < 4.78 is 16.5. The van der Waals surface area contributed by atoms with Crippen molar-refractivity contribution in [2.45, 2.75) is 33.1 Å². The molecule has 0 saturated heterocycles. The second-order valence-electron chi connectivity index (χ2n) is 7.30. The molecule has 2 N–H and O–H groups in total. The third-order valence-corrected chi connectivity index (χ3v) is 5.10. The Bertz CT molecular complexity index is 1040. The van der Waals surface area contributed by atoms with Crippen LogP contribution in [0.25, 0.3) is 10.9 Å². The number of aryl methyl sites for hydroxylation is 1. The van der Waals surface area contributed by atoms with E-state index in [0.717, 1.165) is 33.3 Å². The molecular weight excluding hydrogens is 368 g/mol. The van der Waals surface area contributed by atoms with Gasteiger partial charge in [0.05, 0.1) is 33.3 Å². The number of H-pyrrole nitrogens is 1. The van der Waals surface area contributed by atoms with Gasteiger partial charge in [-0.3, -0.25) is 4.79 Å². The quantitative estimate of drug-likeness (QED) is 0.601. The molecule has 0 atom stereocenters. The Kier molecular flexibility index (Phi) is 6.01. The normalized spacial score (nSPS) is 11.0. The zero-order chi connectivity index (χ0) is 21.1. The number of rotatable bonds is 7. The molecule has 0 fully saturated rings. The lowest BCUT2D eigenvalue weighted by molar-refractivity contribution is -0.115. The minimum atomic E-state index is -0.0843. The number of fused-ring (bicyclic) bond motifs is 1. The Morgan fingerprint density at radius 3 is 2.45 bits per heavy atom. The van der Waals surface area contributed by atoms with Crippen LogP contribution >= 0.6 is 0 Å². The van der Waals surface area contributed by atoms with Gasteiger partial charge < -0.3 is 24.5 Å². The number of ether oxygens (including phenoxy) is 3. The molecule has 3 aromatic rings. The van der Waals surface area contributed by atoms with Gasteiger partial charge in [0, 0.05) is 23.3 Å². The number of aromatic amines is 1. The van der Waals surface area contributed by atoms with Crippen LogP contribution in [0.15, 0.2) is 30.5 Å². The van der Waals surface area contributed by atoms with Crippen molar-refractivity contribution in [2.24, 2.45) is 0 Å². The van der Waals surface area contributed by atoms with Gasteiger partial charge in [-0.1, -0.05) is 32.0 Å². The number of benzene rings is 2. The van der Waals surface area contributed by atoms with E-state index >= 15 is 0 Å². The summed E-state index contributed by atoms with van der Waals surface area (Å²) in [5, 5.41) is 3.92. The summed E-state index contributed by atoms with van der Waals surface area (Å²) in [7, 11) is 4.72. The summed E-state index contributed by atoms with van der Waals surface area (Å²) in [4.78, 5) is 16.1. The molecule has 0 unspecified atom stereocenters. The number of methoxy groups -OCH3 is 3. The molecule has 6 heteroatoms. The topological polar surface area (TPSA) is 72.6 Å². The summed E-state index contributed by atoms with van der Waals surface area (Å²) >= 11 is 0. The summed E-state index contributed by atoms with van der Waals surface area (Å²) in [6.07, 6.45) is 2.03. The first-order valence-electron chi connectivity index (χ1n) is 9.59. The lowest BCUT2D eigenvalue weighted by Gasteiger charge is -2.17. The number of carbonyl (C=O) groups excluding carboxylic acids is 1. The molecule has 0 radical (unpaired) electrons. The highest BCUT2D eigenvalue weighted by atomic mass is 16.5. The minimum Gasteiger partial charge on any atom is -0.493 e. The van der Waals surface area contributed by atoms with Crippen LogP contribution in [0, 0.1) is 6.92 Å². The summed E-state index contributed by atoms with van der Waals surface area (Å²) in [5.74, 6) is 1.85. The first-order valence-corrected chi connectivity index (χ1v) is 9.59. The number of carbonyl (C=O) groups is 1. The molecular formula is C23H28N2O4. The maximum absolute atomic E-state index is 12.9. The van der Waals surface area contributed by atoms with Crippen molar-refractivity contribution in [3.05, 3.63) is 47.2 Å². The van der Waals surface area contributed by atoms with Crippen molar-refractivity contribution in [1.82, 2.24) is 4.98 Å². The molecule has 0 bridgehead atoms. The highest BCUT2D eigenvalue weighted by molar-refractivity contribution is 6.00. The smallest absolute Gasteiger partial charge is 0.228 e. The average molecular weight is 396 g/mol. The van der Waals surface area contributed by atoms with Gasteiger partial charge in [0.15, 0.2) is 11.5 Å². The van der Waals surface area contributed by atoms with E-state index in [4.69, 9.17) is 14.2 Å². The van der Waals surface area contributed by atoms with Crippen molar-refractivity contribution in [1.29, 1.82) is 0 Å². The fourth-order valence-electron chi connectivity index (χ4n) is 3.66. The van der Waals surface area contributed by atoms with Gasteiger partial charge >= 0.3 is 0 Å². The zero-order valence-electron chi connectivity index (χ0n) is 17.8. The first-order chi connectivity index (χ1) is 13.9. The predicted octanol–water partition coefficient (Wildman–Crippen LogP) is 4.81. The number of hydrogen-bond donors (Lipinski definition) is 2. The van der Waals surface area contributed by atoms with Crippen molar-refractivity contribution in [3.63, 3.8) is 0 Å². The van der Waals surface area contributed by atoms with Crippen LogP contribution in [0.5, 0.6) is 17.2 Å². The van der Waals surface area contributed by atoms with Gasteiger partial charge in [0.1, 0.15) is 0 Å². The Balaban J connectivity index is 1.96. The molecule has 0 aliphatic rings. The van der Waals surface area contributed by atoms with Gasteiger partial charge in [-0.2, -0.15) is 0 Å². The molecule has 1 amide bonds. The lowest BCUT2D eigenvalue weighted by atomic mass is 9.98. The highest BCUT2D eigenvalue weighted by Crippen LogP contribution is 2.44. The van der Waals surface area contributed by atoms with Crippen molar-refractivity contribution in [2.75, 3.05) is 26.6 Å².